The molecule has 0 spiro atoms. The Labute approximate surface area is 98.4 Å². The molecule has 0 heterocycles. The summed E-state index contributed by atoms with van der Waals surface area (Å²) >= 11 is 0. The first-order valence-electron chi connectivity index (χ1n) is 5.78. The highest BCUT2D eigenvalue weighted by atomic mass is 16.6. The zero-order chi connectivity index (χ0) is 12.8. The molecule has 1 unspecified atom stereocenters. The van der Waals surface area contributed by atoms with Gasteiger partial charge in [-0.1, -0.05) is 13.8 Å². The first kappa shape index (κ1) is 15.8. The highest BCUT2D eigenvalue weighted by Gasteiger charge is 2.25. The highest BCUT2D eigenvalue weighted by Crippen LogP contribution is 2.21. The van der Waals surface area contributed by atoms with Crippen molar-refractivity contribution in [3.8, 4) is 0 Å². The van der Waals surface area contributed by atoms with E-state index in [1.807, 2.05) is 27.7 Å². The third-order valence-electron chi connectivity index (χ3n) is 2.91. The number of nitrogens with two attached hydrogens (primary N) is 1. The van der Waals surface area contributed by atoms with Gasteiger partial charge in [0, 0.05) is 6.42 Å². The Hall–Kier alpha value is -0.200. The molecule has 0 aliphatic heterocycles. The van der Waals surface area contributed by atoms with Gasteiger partial charge in [-0.2, -0.15) is 0 Å². The van der Waals surface area contributed by atoms with Gasteiger partial charge in [0.2, 0.25) is 0 Å². The second-order valence-electron chi connectivity index (χ2n) is 4.70. The SMILES string of the molecule is CCN([O-])C(C)(CC)OCCC(C)(C)ON. The molecule has 0 aliphatic carbocycles. The van der Waals surface area contributed by atoms with E-state index in [9.17, 15) is 5.21 Å². The lowest BCUT2D eigenvalue weighted by atomic mass is 10.1. The van der Waals surface area contributed by atoms with Crippen LogP contribution in [0.2, 0.25) is 0 Å². The van der Waals surface area contributed by atoms with Crippen molar-refractivity contribution in [3.63, 3.8) is 0 Å². The smallest absolute Gasteiger partial charge is 0.107 e. The molecular formula is C11H25N2O3-. The van der Waals surface area contributed by atoms with Crippen molar-refractivity contribution in [2.24, 2.45) is 5.90 Å². The third kappa shape index (κ3) is 4.76. The zero-order valence-electron chi connectivity index (χ0n) is 11.1. The van der Waals surface area contributed by atoms with Crippen molar-refractivity contribution in [2.75, 3.05) is 13.2 Å². The molecule has 0 aromatic heterocycles. The topological polar surface area (TPSA) is 70.8 Å². The molecule has 0 amide bonds. The molecule has 1 atom stereocenters. The summed E-state index contributed by atoms with van der Waals surface area (Å²) in [6.45, 7) is 10.2. The Balaban J connectivity index is 4.15. The van der Waals surface area contributed by atoms with E-state index in [0.29, 0.717) is 26.0 Å². The van der Waals surface area contributed by atoms with Gasteiger partial charge in [0.25, 0.3) is 0 Å². The summed E-state index contributed by atoms with van der Waals surface area (Å²) in [6.07, 6.45) is 1.30. The van der Waals surface area contributed by atoms with E-state index in [-0.39, 0.29) is 0 Å². The maximum Gasteiger partial charge on any atom is 0.107 e. The molecule has 0 aliphatic rings. The van der Waals surface area contributed by atoms with Crippen LogP contribution in [0.25, 0.3) is 0 Å². The maximum atomic E-state index is 11.6. The molecule has 0 saturated carbocycles. The third-order valence-corrected chi connectivity index (χ3v) is 2.91. The molecule has 5 heteroatoms. The largest absolute Gasteiger partial charge is 0.783 e. The monoisotopic (exact) mass is 233 g/mol. The van der Waals surface area contributed by atoms with Crippen LogP contribution >= 0.6 is 0 Å². The van der Waals surface area contributed by atoms with Crippen molar-refractivity contribution >= 4 is 0 Å². The molecule has 0 radical (unpaired) electrons. The van der Waals surface area contributed by atoms with Crippen LogP contribution in [0.15, 0.2) is 0 Å². The first-order valence-corrected chi connectivity index (χ1v) is 5.78. The highest BCUT2D eigenvalue weighted by molar-refractivity contribution is 4.76. The summed E-state index contributed by atoms with van der Waals surface area (Å²) in [7, 11) is 0. The van der Waals surface area contributed by atoms with Crippen LogP contribution in [0.3, 0.4) is 0 Å². The Morgan fingerprint density at radius 3 is 2.19 bits per heavy atom. The number of hydrogen-bond donors (Lipinski definition) is 1. The van der Waals surface area contributed by atoms with E-state index in [4.69, 9.17) is 15.5 Å². The standard InChI is InChI=1S/C11H25N2O3/c1-6-11(5,13(14)7-2)15-9-8-10(3,4)16-12/h6-9,12H2,1-5H3/q-1. The average molecular weight is 233 g/mol. The summed E-state index contributed by atoms with van der Waals surface area (Å²) in [5.41, 5.74) is -1.17. The molecule has 0 aromatic carbocycles. The molecule has 98 valence electrons. The lowest BCUT2D eigenvalue weighted by molar-refractivity contribution is -0.140. The van der Waals surface area contributed by atoms with Crippen LogP contribution in [0.5, 0.6) is 0 Å². The summed E-state index contributed by atoms with van der Waals surface area (Å²) in [6, 6.07) is 0. The number of hydroxylamine groups is 2. The number of hydrogen-bond acceptors (Lipinski definition) is 5. The first-order chi connectivity index (χ1) is 7.31. The van der Waals surface area contributed by atoms with Gasteiger partial charge in [0.15, 0.2) is 0 Å². The fourth-order valence-electron chi connectivity index (χ4n) is 1.26. The van der Waals surface area contributed by atoms with E-state index in [0.717, 1.165) is 5.06 Å². The van der Waals surface area contributed by atoms with Crippen LogP contribution in [0.4, 0.5) is 0 Å². The quantitative estimate of drug-likeness (QED) is 0.513. The van der Waals surface area contributed by atoms with Gasteiger partial charge in [-0.25, -0.2) is 5.90 Å². The second-order valence-corrected chi connectivity index (χ2v) is 4.70. The lowest BCUT2D eigenvalue weighted by Gasteiger charge is -2.45. The normalized spacial score (nSPS) is 16.5. The van der Waals surface area contributed by atoms with E-state index in [1.165, 1.54) is 0 Å². The van der Waals surface area contributed by atoms with Crippen LogP contribution in [0, 0.1) is 5.21 Å². The molecule has 0 rings (SSSR count). The van der Waals surface area contributed by atoms with Gasteiger partial charge in [-0.3, -0.25) is 4.84 Å². The number of nitrogens with zero attached hydrogens (tertiary/aromatic N) is 1. The van der Waals surface area contributed by atoms with Gasteiger partial charge in [0.1, 0.15) is 5.72 Å². The van der Waals surface area contributed by atoms with E-state index >= 15 is 0 Å². The minimum Gasteiger partial charge on any atom is -0.783 e. The summed E-state index contributed by atoms with van der Waals surface area (Å²) in [5.74, 6) is 5.15. The number of ether oxygens (including phenoxy) is 1. The summed E-state index contributed by atoms with van der Waals surface area (Å²) in [5, 5.41) is 12.6. The van der Waals surface area contributed by atoms with Gasteiger partial charge >= 0.3 is 0 Å². The minimum atomic E-state index is -0.751. The fourth-order valence-corrected chi connectivity index (χ4v) is 1.26. The lowest BCUT2D eigenvalue weighted by Crippen LogP contribution is -2.45. The van der Waals surface area contributed by atoms with Crippen LogP contribution in [-0.2, 0) is 9.57 Å². The summed E-state index contributed by atoms with van der Waals surface area (Å²) < 4.78 is 5.65. The summed E-state index contributed by atoms with van der Waals surface area (Å²) in [4.78, 5) is 4.80. The second kappa shape index (κ2) is 6.51. The van der Waals surface area contributed by atoms with Gasteiger partial charge in [0.05, 0.1) is 12.2 Å². The fraction of sp³-hybridized carbons (Fsp3) is 1.00. The van der Waals surface area contributed by atoms with Crippen molar-refractivity contribution in [1.82, 2.24) is 5.06 Å². The van der Waals surface area contributed by atoms with E-state index < -0.39 is 11.3 Å². The predicted molar refractivity (Wildman–Crippen MR) is 64.4 cm³/mol. The van der Waals surface area contributed by atoms with Crippen LogP contribution < -0.4 is 5.90 Å². The minimum absolute atomic E-state index is 0.418. The maximum absolute atomic E-state index is 11.6. The molecular weight excluding hydrogens is 208 g/mol. The van der Waals surface area contributed by atoms with Gasteiger partial charge in [-0.15, -0.1) is 0 Å². The Morgan fingerprint density at radius 1 is 1.25 bits per heavy atom. The van der Waals surface area contributed by atoms with Crippen LogP contribution in [-0.4, -0.2) is 29.5 Å². The molecule has 2 N–H and O–H groups in total. The average Bonchev–Trinajstić information content (AvgIpc) is 2.27. The Bertz CT molecular complexity index is 200. The Morgan fingerprint density at radius 2 is 1.81 bits per heavy atom. The van der Waals surface area contributed by atoms with E-state index in [2.05, 4.69) is 0 Å². The van der Waals surface area contributed by atoms with Crippen molar-refractivity contribution in [1.29, 1.82) is 0 Å². The van der Waals surface area contributed by atoms with Crippen molar-refractivity contribution in [3.05, 3.63) is 5.21 Å². The zero-order valence-corrected chi connectivity index (χ0v) is 11.1. The molecule has 0 aromatic rings. The van der Waals surface area contributed by atoms with Crippen molar-refractivity contribution < 1.29 is 9.57 Å². The number of rotatable bonds is 8. The molecule has 0 saturated heterocycles. The van der Waals surface area contributed by atoms with Gasteiger partial charge in [-0.05, 0) is 33.7 Å². The van der Waals surface area contributed by atoms with Crippen LogP contribution in [0.1, 0.15) is 47.5 Å². The molecule has 16 heavy (non-hydrogen) atoms. The Kier molecular flexibility index (Phi) is 6.43. The molecule has 5 nitrogen and oxygen atoms in total. The van der Waals surface area contributed by atoms with Crippen molar-refractivity contribution in [2.45, 2.75) is 58.8 Å². The van der Waals surface area contributed by atoms with Gasteiger partial charge < -0.3 is 15.0 Å². The van der Waals surface area contributed by atoms with E-state index in [1.54, 1.807) is 6.92 Å². The molecule has 0 bridgehead atoms. The molecule has 0 fully saturated rings. The predicted octanol–water partition coefficient (Wildman–Crippen LogP) is 2.01.